The molecular formula is C24H19NO3. The first-order valence-electron chi connectivity index (χ1n) is 9.06. The van der Waals surface area contributed by atoms with E-state index in [1.807, 2.05) is 60.7 Å². The number of nitrogens with zero attached hydrogens (tertiary/aromatic N) is 1. The zero-order valence-corrected chi connectivity index (χ0v) is 15.2. The lowest BCUT2D eigenvalue weighted by Gasteiger charge is -2.10. The van der Waals surface area contributed by atoms with Gasteiger partial charge in [-0.3, -0.25) is 4.98 Å². The van der Waals surface area contributed by atoms with Crippen LogP contribution in [0.5, 0.6) is 5.75 Å². The number of rotatable bonds is 6. The molecule has 0 radical (unpaired) electrons. The van der Waals surface area contributed by atoms with Crippen LogP contribution in [0.25, 0.3) is 10.8 Å². The quantitative estimate of drug-likeness (QED) is 0.440. The third kappa shape index (κ3) is 4.18. The van der Waals surface area contributed by atoms with E-state index < -0.39 is 0 Å². The van der Waals surface area contributed by atoms with Crippen LogP contribution in [0, 0.1) is 0 Å². The Hall–Kier alpha value is -3.66. The molecule has 0 saturated carbocycles. The van der Waals surface area contributed by atoms with Crippen LogP contribution in [0.1, 0.15) is 21.6 Å². The van der Waals surface area contributed by atoms with E-state index in [4.69, 9.17) is 9.47 Å². The summed E-state index contributed by atoms with van der Waals surface area (Å²) >= 11 is 0. The Morgan fingerprint density at radius 2 is 1.64 bits per heavy atom. The third-order valence-electron chi connectivity index (χ3n) is 4.38. The van der Waals surface area contributed by atoms with Gasteiger partial charge < -0.3 is 9.47 Å². The lowest BCUT2D eigenvalue weighted by atomic mass is 10.1. The Morgan fingerprint density at radius 1 is 0.821 bits per heavy atom. The molecule has 0 saturated heterocycles. The van der Waals surface area contributed by atoms with E-state index in [2.05, 4.69) is 17.1 Å². The van der Waals surface area contributed by atoms with E-state index in [0.29, 0.717) is 17.9 Å². The predicted octanol–water partition coefficient (Wildman–Crippen LogP) is 5.17. The molecule has 0 spiro atoms. The molecule has 0 aliphatic carbocycles. The van der Waals surface area contributed by atoms with Crippen molar-refractivity contribution in [2.75, 3.05) is 0 Å². The highest BCUT2D eigenvalue weighted by Crippen LogP contribution is 2.26. The minimum absolute atomic E-state index is 0.149. The normalized spacial score (nSPS) is 10.6. The number of esters is 1. The number of aromatic nitrogens is 1. The number of carbonyl (C=O) groups is 1. The van der Waals surface area contributed by atoms with E-state index in [1.165, 1.54) is 0 Å². The van der Waals surface area contributed by atoms with E-state index in [0.717, 1.165) is 22.1 Å². The van der Waals surface area contributed by atoms with Crippen molar-refractivity contribution in [3.63, 3.8) is 0 Å². The van der Waals surface area contributed by atoms with E-state index >= 15 is 0 Å². The van der Waals surface area contributed by atoms with Crippen LogP contribution in [0.15, 0.2) is 91.1 Å². The zero-order chi connectivity index (χ0) is 19.2. The van der Waals surface area contributed by atoms with E-state index in [-0.39, 0.29) is 12.6 Å². The molecule has 4 heteroatoms. The average molecular weight is 369 g/mol. The summed E-state index contributed by atoms with van der Waals surface area (Å²) in [4.78, 5) is 16.5. The van der Waals surface area contributed by atoms with Gasteiger partial charge in [-0.15, -0.1) is 0 Å². The van der Waals surface area contributed by atoms with Crippen LogP contribution < -0.4 is 4.74 Å². The van der Waals surface area contributed by atoms with Gasteiger partial charge in [0.2, 0.25) is 0 Å². The first-order valence-corrected chi connectivity index (χ1v) is 9.06. The second-order valence-corrected chi connectivity index (χ2v) is 6.36. The lowest BCUT2D eigenvalue weighted by Crippen LogP contribution is -2.07. The van der Waals surface area contributed by atoms with Crippen LogP contribution in [-0.4, -0.2) is 11.0 Å². The molecule has 0 aliphatic heterocycles. The number of hydrogen-bond acceptors (Lipinski definition) is 4. The van der Waals surface area contributed by atoms with E-state index in [9.17, 15) is 4.79 Å². The van der Waals surface area contributed by atoms with Crippen molar-refractivity contribution >= 4 is 16.7 Å². The van der Waals surface area contributed by atoms with Crippen LogP contribution in [-0.2, 0) is 18.0 Å². The summed E-state index contributed by atoms with van der Waals surface area (Å²) in [6, 6.07) is 26.9. The summed E-state index contributed by atoms with van der Waals surface area (Å²) in [6.45, 7) is 0.520. The monoisotopic (exact) mass is 369 g/mol. The minimum Gasteiger partial charge on any atom is -0.488 e. The Morgan fingerprint density at radius 3 is 2.54 bits per heavy atom. The molecular weight excluding hydrogens is 350 g/mol. The summed E-state index contributed by atoms with van der Waals surface area (Å²) in [7, 11) is 0. The maximum absolute atomic E-state index is 12.3. The van der Waals surface area contributed by atoms with Gasteiger partial charge in [0.15, 0.2) is 0 Å². The van der Waals surface area contributed by atoms with Crippen molar-refractivity contribution in [2.24, 2.45) is 0 Å². The lowest BCUT2D eigenvalue weighted by molar-refractivity contribution is 0.0467. The molecule has 3 aromatic carbocycles. The summed E-state index contributed by atoms with van der Waals surface area (Å²) < 4.78 is 11.4. The number of fused-ring (bicyclic) bond motifs is 1. The Labute approximate surface area is 163 Å². The Kier molecular flexibility index (Phi) is 5.29. The maximum atomic E-state index is 12.3. The van der Waals surface area contributed by atoms with Gasteiger partial charge in [-0.05, 0) is 41.3 Å². The molecule has 4 nitrogen and oxygen atoms in total. The topological polar surface area (TPSA) is 48.4 Å². The van der Waals surface area contributed by atoms with Crippen molar-refractivity contribution < 1.29 is 14.3 Å². The van der Waals surface area contributed by atoms with Gasteiger partial charge in [-0.1, -0.05) is 54.6 Å². The molecule has 0 bridgehead atoms. The molecule has 4 rings (SSSR count). The highest BCUT2D eigenvalue weighted by atomic mass is 16.5. The van der Waals surface area contributed by atoms with Crippen molar-refractivity contribution in [3.8, 4) is 5.75 Å². The molecule has 28 heavy (non-hydrogen) atoms. The number of pyridine rings is 1. The Bertz CT molecular complexity index is 1090. The molecule has 138 valence electrons. The van der Waals surface area contributed by atoms with Crippen LogP contribution in [0.4, 0.5) is 0 Å². The van der Waals surface area contributed by atoms with Crippen molar-refractivity contribution in [1.82, 2.24) is 4.98 Å². The molecule has 0 fully saturated rings. The second kappa shape index (κ2) is 8.35. The van der Waals surface area contributed by atoms with E-state index in [1.54, 1.807) is 18.3 Å². The highest BCUT2D eigenvalue weighted by molar-refractivity contribution is 5.89. The highest BCUT2D eigenvalue weighted by Gasteiger charge is 2.09. The van der Waals surface area contributed by atoms with Gasteiger partial charge in [-0.25, -0.2) is 4.79 Å². The SMILES string of the molecule is O=C(OCc1ccccn1)c1cccc(COc2cccc3ccccc23)c1. The molecule has 0 aliphatic rings. The first-order chi connectivity index (χ1) is 13.8. The van der Waals surface area contributed by atoms with Gasteiger partial charge in [-0.2, -0.15) is 0 Å². The molecule has 4 aromatic rings. The molecule has 0 unspecified atom stereocenters. The van der Waals surface area contributed by atoms with Crippen LogP contribution in [0.3, 0.4) is 0 Å². The van der Waals surface area contributed by atoms with Gasteiger partial charge in [0.1, 0.15) is 19.0 Å². The molecule has 0 N–H and O–H groups in total. The molecule has 1 heterocycles. The van der Waals surface area contributed by atoms with Gasteiger partial charge >= 0.3 is 5.97 Å². The number of benzene rings is 3. The fourth-order valence-corrected chi connectivity index (χ4v) is 2.98. The Balaban J connectivity index is 1.42. The number of hydrogen-bond donors (Lipinski definition) is 0. The van der Waals surface area contributed by atoms with Crippen molar-refractivity contribution in [2.45, 2.75) is 13.2 Å². The third-order valence-corrected chi connectivity index (χ3v) is 4.38. The largest absolute Gasteiger partial charge is 0.488 e. The maximum Gasteiger partial charge on any atom is 0.338 e. The average Bonchev–Trinajstić information content (AvgIpc) is 2.77. The van der Waals surface area contributed by atoms with Crippen molar-refractivity contribution in [1.29, 1.82) is 0 Å². The summed E-state index contributed by atoms with van der Waals surface area (Å²) in [5.74, 6) is 0.443. The minimum atomic E-state index is -0.377. The standard InChI is InChI=1S/C24H19NO3/c26-24(28-17-21-11-3-4-14-25-21)20-10-5-7-18(15-20)16-27-23-13-6-9-19-8-1-2-12-22(19)23/h1-15H,16-17H2. The van der Waals surface area contributed by atoms with Crippen LogP contribution in [0.2, 0.25) is 0 Å². The first kappa shape index (κ1) is 17.7. The zero-order valence-electron chi connectivity index (χ0n) is 15.2. The second-order valence-electron chi connectivity index (χ2n) is 6.36. The molecule has 0 amide bonds. The fourth-order valence-electron chi connectivity index (χ4n) is 2.98. The van der Waals surface area contributed by atoms with Gasteiger partial charge in [0.25, 0.3) is 0 Å². The fraction of sp³-hybridized carbons (Fsp3) is 0.0833. The van der Waals surface area contributed by atoms with Gasteiger partial charge in [0, 0.05) is 11.6 Å². The molecule has 0 atom stereocenters. The van der Waals surface area contributed by atoms with Crippen LogP contribution >= 0.6 is 0 Å². The number of ether oxygens (including phenoxy) is 2. The van der Waals surface area contributed by atoms with Crippen molar-refractivity contribution in [3.05, 3.63) is 108 Å². The predicted molar refractivity (Wildman–Crippen MR) is 108 cm³/mol. The smallest absolute Gasteiger partial charge is 0.338 e. The van der Waals surface area contributed by atoms with Gasteiger partial charge in [0.05, 0.1) is 11.3 Å². The summed E-state index contributed by atoms with van der Waals surface area (Å²) in [6.07, 6.45) is 1.68. The summed E-state index contributed by atoms with van der Waals surface area (Å²) in [5, 5.41) is 2.20. The summed E-state index contributed by atoms with van der Waals surface area (Å²) in [5.41, 5.74) is 2.11. The number of carbonyl (C=O) groups excluding carboxylic acids is 1. The molecule has 1 aromatic heterocycles.